The van der Waals surface area contributed by atoms with Crippen LogP contribution in [0.15, 0.2) is 200 Å². The van der Waals surface area contributed by atoms with Crippen LogP contribution < -0.4 is 0 Å². The van der Waals surface area contributed by atoms with E-state index in [4.69, 9.17) is 0 Å². The quantitative estimate of drug-likeness (QED) is 0.159. The summed E-state index contributed by atoms with van der Waals surface area (Å²) in [7, 11) is 0. The van der Waals surface area contributed by atoms with Crippen molar-refractivity contribution in [1.82, 2.24) is 4.57 Å². The van der Waals surface area contributed by atoms with Crippen molar-refractivity contribution >= 4 is 85.6 Å². The highest BCUT2D eigenvalue weighted by Gasteiger charge is 2.19. The van der Waals surface area contributed by atoms with E-state index in [0.717, 1.165) is 0 Å². The highest BCUT2D eigenvalue weighted by Crippen LogP contribution is 2.45. The molecular weight excluding hydrogens is 695 g/mol. The third-order valence-electron chi connectivity index (χ3n) is 11.8. The average molecular weight is 728 g/mol. The van der Waals surface area contributed by atoms with Crippen molar-refractivity contribution in [2.24, 2.45) is 0 Å². The average Bonchev–Trinajstić information content (AvgIpc) is 3.81. The van der Waals surface area contributed by atoms with Crippen LogP contribution in [0.25, 0.3) is 113 Å². The summed E-state index contributed by atoms with van der Waals surface area (Å²) in [5.74, 6) is 0. The van der Waals surface area contributed by atoms with Crippen molar-refractivity contribution in [1.29, 1.82) is 0 Å². The third kappa shape index (κ3) is 4.73. The van der Waals surface area contributed by atoms with Crippen LogP contribution in [0.2, 0.25) is 0 Å². The summed E-state index contributed by atoms with van der Waals surface area (Å²) < 4.78 is 5.10. The number of nitrogens with zero attached hydrogens (tertiary/aromatic N) is 1. The van der Waals surface area contributed by atoms with Gasteiger partial charge in [-0.15, -0.1) is 11.3 Å². The van der Waals surface area contributed by atoms with E-state index in [9.17, 15) is 0 Å². The molecule has 0 aliphatic heterocycles. The van der Waals surface area contributed by atoms with Gasteiger partial charge in [-0.25, -0.2) is 0 Å². The van der Waals surface area contributed by atoms with Gasteiger partial charge >= 0.3 is 0 Å². The van der Waals surface area contributed by atoms with E-state index in [1.54, 1.807) is 0 Å². The SMILES string of the molecule is c1ccc(-c2ccc3sc4c(-c5ccc6c7ccccc7n(-c7ccc8c9ccccc9c9ccccc9c8c7)c6c5)cc(-c5ccccc5)cc4c3c2)cc1. The molecule has 10 aromatic carbocycles. The summed E-state index contributed by atoms with van der Waals surface area (Å²) >= 11 is 1.90. The Balaban J connectivity index is 1.13. The Bertz CT molecular complexity index is 3480. The fourth-order valence-corrected chi connectivity index (χ4v) is 10.4. The second-order valence-electron chi connectivity index (χ2n) is 14.9. The topological polar surface area (TPSA) is 4.93 Å². The maximum atomic E-state index is 2.48. The van der Waals surface area contributed by atoms with Crippen LogP contribution in [0, 0.1) is 0 Å². The lowest BCUT2D eigenvalue weighted by Gasteiger charge is -2.14. The van der Waals surface area contributed by atoms with Gasteiger partial charge in [0.15, 0.2) is 0 Å². The molecule has 0 fully saturated rings. The summed E-state index contributed by atoms with van der Waals surface area (Å²) in [4.78, 5) is 0. The number of para-hydroxylation sites is 1. The van der Waals surface area contributed by atoms with Gasteiger partial charge in [0, 0.05) is 42.2 Å². The molecule has 2 heteroatoms. The fourth-order valence-electron chi connectivity index (χ4n) is 9.15. The molecule has 0 spiro atoms. The van der Waals surface area contributed by atoms with Crippen LogP contribution in [0.3, 0.4) is 0 Å². The highest BCUT2D eigenvalue weighted by molar-refractivity contribution is 7.26. The minimum atomic E-state index is 1.17. The predicted molar refractivity (Wildman–Crippen MR) is 242 cm³/mol. The Morgan fingerprint density at radius 1 is 0.286 bits per heavy atom. The van der Waals surface area contributed by atoms with Crippen LogP contribution in [0.5, 0.6) is 0 Å². The van der Waals surface area contributed by atoms with Gasteiger partial charge in [0.25, 0.3) is 0 Å². The molecule has 0 N–H and O–H groups in total. The van der Waals surface area contributed by atoms with Crippen molar-refractivity contribution in [3.63, 3.8) is 0 Å². The van der Waals surface area contributed by atoms with Gasteiger partial charge in [-0.2, -0.15) is 0 Å². The Morgan fingerprint density at radius 3 is 1.54 bits per heavy atom. The lowest BCUT2D eigenvalue weighted by Crippen LogP contribution is -1.95. The van der Waals surface area contributed by atoms with Gasteiger partial charge in [-0.05, 0) is 109 Å². The maximum Gasteiger partial charge on any atom is 0.0547 e. The first-order chi connectivity index (χ1) is 27.8. The summed E-state index contributed by atoms with van der Waals surface area (Å²) in [6.07, 6.45) is 0. The molecule has 0 saturated carbocycles. The van der Waals surface area contributed by atoms with Gasteiger partial charge in [0.05, 0.1) is 11.0 Å². The van der Waals surface area contributed by atoms with Gasteiger partial charge in [0.2, 0.25) is 0 Å². The molecule has 0 radical (unpaired) electrons. The summed E-state index contributed by atoms with van der Waals surface area (Å²) in [5, 5.41) is 12.8. The second kappa shape index (κ2) is 12.3. The Labute approximate surface area is 327 Å². The van der Waals surface area contributed by atoms with Crippen molar-refractivity contribution in [3.05, 3.63) is 200 Å². The number of hydrogen-bond donors (Lipinski definition) is 0. The molecule has 0 aliphatic rings. The summed E-state index contributed by atoms with van der Waals surface area (Å²) in [6.45, 7) is 0. The normalized spacial score (nSPS) is 11.9. The van der Waals surface area contributed by atoms with E-state index in [-0.39, 0.29) is 0 Å². The minimum Gasteiger partial charge on any atom is -0.309 e. The molecule has 1 nitrogen and oxygen atoms in total. The van der Waals surface area contributed by atoms with Crippen molar-refractivity contribution in [2.45, 2.75) is 0 Å². The molecule has 56 heavy (non-hydrogen) atoms. The van der Waals surface area contributed by atoms with E-state index in [1.165, 1.54) is 113 Å². The number of fused-ring (bicyclic) bond motifs is 12. The Kier molecular flexibility index (Phi) is 6.87. The number of aromatic nitrogens is 1. The number of hydrogen-bond acceptors (Lipinski definition) is 1. The number of rotatable bonds is 4. The molecule has 0 aliphatic carbocycles. The standard InChI is InChI=1S/C54H33NS/c1-3-13-34(14-4-1)36-24-28-53-49(29-36)50-31-38(35-15-5-2-6-16-35)30-47(54(50)56-53)37-23-26-46-45-21-11-12-22-51(45)55(52(46)32-37)39-25-27-44-42-19-8-7-17-40(42)41-18-9-10-20-43(41)48(44)33-39/h1-33H. The van der Waals surface area contributed by atoms with Crippen LogP contribution in [0.4, 0.5) is 0 Å². The molecule has 260 valence electrons. The van der Waals surface area contributed by atoms with E-state index < -0.39 is 0 Å². The molecular formula is C54H33NS. The molecule has 0 atom stereocenters. The van der Waals surface area contributed by atoms with Gasteiger partial charge in [-0.3, -0.25) is 0 Å². The van der Waals surface area contributed by atoms with Crippen LogP contribution in [0.1, 0.15) is 0 Å². The highest BCUT2D eigenvalue weighted by atomic mass is 32.1. The Morgan fingerprint density at radius 2 is 0.821 bits per heavy atom. The predicted octanol–water partition coefficient (Wildman–Crippen LogP) is 15.6. The van der Waals surface area contributed by atoms with Gasteiger partial charge in [-0.1, -0.05) is 152 Å². The summed E-state index contributed by atoms with van der Waals surface area (Å²) in [5.41, 5.74) is 11.0. The molecule has 12 rings (SSSR count). The van der Waals surface area contributed by atoms with Gasteiger partial charge < -0.3 is 4.57 Å². The molecule has 2 heterocycles. The molecule has 0 saturated heterocycles. The van der Waals surface area contributed by atoms with Crippen molar-refractivity contribution in [3.8, 4) is 39.1 Å². The Hall–Kier alpha value is -7.00. The minimum absolute atomic E-state index is 1.17. The number of thiophene rings is 1. The third-order valence-corrected chi connectivity index (χ3v) is 13.0. The first-order valence-electron chi connectivity index (χ1n) is 19.3. The molecule has 0 amide bonds. The molecule has 2 aromatic heterocycles. The maximum absolute atomic E-state index is 2.48. The monoisotopic (exact) mass is 727 g/mol. The second-order valence-corrected chi connectivity index (χ2v) is 15.9. The first kappa shape index (κ1) is 31.4. The lowest BCUT2D eigenvalue weighted by molar-refractivity contribution is 1.19. The number of benzene rings is 10. The summed E-state index contributed by atoms with van der Waals surface area (Å²) in [6, 6.07) is 74.0. The van der Waals surface area contributed by atoms with E-state index in [1.807, 2.05) is 11.3 Å². The van der Waals surface area contributed by atoms with E-state index in [0.29, 0.717) is 0 Å². The lowest BCUT2D eigenvalue weighted by atomic mass is 9.94. The zero-order valence-corrected chi connectivity index (χ0v) is 31.2. The van der Waals surface area contributed by atoms with Crippen LogP contribution >= 0.6 is 11.3 Å². The van der Waals surface area contributed by atoms with Crippen molar-refractivity contribution < 1.29 is 0 Å². The zero-order valence-electron chi connectivity index (χ0n) is 30.4. The largest absolute Gasteiger partial charge is 0.309 e. The fraction of sp³-hybridized carbons (Fsp3) is 0. The molecule has 0 unspecified atom stereocenters. The molecule has 12 aromatic rings. The van der Waals surface area contributed by atoms with E-state index in [2.05, 4.69) is 205 Å². The zero-order chi connectivity index (χ0) is 36.7. The van der Waals surface area contributed by atoms with Crippen molar-refractivity contribution in [2.75, 3.05) is 0 Å². The van der Waals surface area contributed by atoms with E-state index >= 15 is 0 Å². The van der Waals surface area contributed by atoms with Crippen LogP contribution in [-0.4, -0.2) is 4.57 Å². The molecule has 0 bridgehead atoms. The smallest absolute Gasteiger partial charge is 0.0547 e. The first-order valence-corrected chi connectivity index (χ1v) is 20.1. The van der Waals surface area contributed by atoms with Gasteiger partial charge in [0.1, 0.15) is 0 Å². The van der Waals surface area contributed by atoms with Crippen LogP contribution in [-0.2, 0) is 0 Å².